The van der Waals surface area contributed by atoms with Gasteiger partial charge in [0.2, 0.25) is 0 Å². The highest BCUT2D eigenvalue weighted by Crippen LogP contribution is 2.17. The second-order valence-corrected chi connectivity index (χ2v) is 7.59. The van der Waals surface area contributed by atoms with Crippen molar-refractivity contribution in [2.75, 3.05) is 32.3 Å². The number of esters is 1. The zero-order chi connectivity index (χ0) is 17.0. The SMILES string of the molecule is COc1ccc(C(=O)OCC(=O)N(C)C2CCS(=O)(=O)C2)cc1. The minimum absolute atomic E-state index is 0.0400. The molecule has 0 radical (unpaired) electrons. The van der Waals surface area contributed by atoms with Crippen LogP contribution in [0.2, 0.25) is 0 Å². The average molecular weight is 341 g/mol. The molecule has 1 fully saturated rings. The fourth-order valence-corrected chi connectivity index (χ4v) is 4.10. The smallest absolute Gasteiger partial charge is 0.338 e. The predicted molar refractivity (Wildman–Crippen MR) is 83.1 cm³/mol. The number of rotatable bonds is 5. The zero-order valence-electron chi connectivity index (χ0n) is 13.0. The zero-order valence-corrected chi connectivity index (χ0v) is 13.8. The van der Waals surface area contributed by atoms with Crippen molar-refractivity contribution in [1.29, 1.82) is 0 Å². The molecule has 0 aliphatic carbocycles. The monoisotopic (exact) mass is 341 g/mol. The van der Waals surface area contributed by atoms with E-state index in [0.717, 1.165) is 0 Å². The van der Waals surface area contributed by atoms with Crippen molar-refractivity contribution in [3.8, 4) is 5.75 Å². The standard InChI is InChI=1S/C15H19NO6S/c1-16(12-7-8-23(19,20)10-12)14(17)9-22-15(18)11-3-5-13(21-2)6-4-11/h3-6,12H,7-10H2,1-2H3. The fourth-order valence-electron chi connectivity index (χ4n) is 2.32. The Kier molecular flexibility index (Phi) is 5.25. The molecule has 7 nitrogen and oxygen atoms in total. The molecule has 0 spiro atoms. The van der Waals surface area contributed by atoms with Crippen LogP contribution in [0.25, 0.3) is 0 Å². The van der Waals surface area contributed by atoms with Gasteiger partial charge in [0, 0.05) is 13.1 Å². The maximum atomic E-state index is 12.0. The molecule has 8 heteroatoms. The first-order valence-corrected chi connectivity index (χ1v) is 8.92. The van der Waals surface area contributed by atoms with E-state index in [1.807, 2.05) is 0 Å². The molecule has 0 N–H and O–H groups in total. The lowest BCUT2D eigenvalue weighted by molar-refractivity contribution is -0.134. The third kappa shape index (κ3) is 4.44. The molecule has 1 aliphatic rings. The van der Waals surface area contributed by atoms with Gasteiger partial charge >= 0.3 is 5.97 Å². The first kappa shape index (κ1) is 17.3. The molecule has 23 heavy (non-hydrogen) atoms. The quantitative estimate of drug-likeness (QED) is 0.725. The molecule has 1 atom stereocenters. The number of nitrogens with zero attached hydrogens (tertiary/aromatic N) is 1. The van der Waals surface area contributed by atoms with Crippen molar-refractivity contribution in [3.05, 3.63) is 29.8 Å². The number of carbonyl (C=O) groups is 2. The van der Waals surface area contributed by atoms with Crippen LogP contribution < -0.4 is 4.74 Å². The van der Waals surface area contributed by atoms with Crippen LogP contribution in [0.5, 0.6) is 5.75 Å². The highest BCUT2D eigenvalue weighted by atomic mass is 32.2. The third-order valence-corrected chi connectivity index (χ3v) is 5.55. The van der Waals surface area contributed by atoms with E-state index in [-0.39, 0.29) is 17.5 Å². The van der Waals surface area contributed by atoms with E-state index in [1.165, 1.54) is 19.1 Å². The van der Waals surface area contributed by atoms with Crippen LogP contribution in [-0.2, 0) is 19.4 Å². The molecule has 1 aromatic rings. The summed E-state index contributed by atoms with van der Waals surface area (Å²) in [5, 5.41) is 0. The molecule has 0 aromatic heterocycles. The van der Waals surface area contributed by atoms with Gasteiger partial charge in [-0.1, -0.05) is 0 Å². The topological polar surface area (TPSA) is 90.0 Å². The lowest BCUT2D eigenvalue weighted by atomic mass is 10.2. The molecule has 1 heterocycles. The van der Waals surface area contributed by atoms with Crippen LogP contribution in [0.4, 0.5) is 0 Å². The summed E-state index contributed by atoms with van der Waals surface area (Å²) in [5.74, 6) is -0.384. The number of methoxy groups -OCH3 is 1. The second-order valence-electron chi connectivity index (χ2n) is 5.37. The molecule has 126 valence electrons. The third-order valence-electron chi connectivity index (χ3n) is 3.80. The van der Waals surface area contributed by atoms with Crippen molar-refractivity contribution in [3.63, 3.8) is 0 Å². The first-order valence-electron chi connectivity index (χ1n) is 7.09. The number of hydrogen-bond donors (Lipinski definition) is 0. The van der Waals surface area contributed by atoms with Gasteiger partial charge in [-0.3, -0.25) is 4.79 Å². The Morgan fingerprint density at radius 1 is 1.26 bits per heavy atom. The van der Waals surface area contributed by atoms with Gasteiger partial charge in [0.05, 0.1) is 24.2 Å². The normalized spacial score (nSPS) is 19.1. The average Bonchev–Trinajstić information content (AvgIpc) is 2.91. The summed E-state index contributed by atoms with van der Waals surface area (Å²) in [6, 6.07) is 5.96. The number of benzene rings is 1. The van der Waals surface area contributed by atoms with Crippen LogP contribution in [0, 0.1) is 0 Å². The molecule has 1 saturated heterocycles. The molecular weight excluding hydrogens is 322 g/mol. The number of carbonyl (C=O) groups excluding carboxylic acids is 2. The van der Waals surface area contributed by atoms with E-state index in [1.54, 1.807) is 24.3 Å². The molecule has 1 aliphatic heterocycles. The summed E-state index contributed by atoms with van der Waals surface area (Å²) in [7, 11) is -0.0266. The summed E-state index contributed by atoms with van der Waals surface area (Å²) in [4.78, 5) is 25.2. The minimum Gasteiger partial charge on any atom is -0.497 e. The van der Waals surface area contributed by atoms with Crippen LogP contribution in [0.3, 0.4) is 0 Å². The van der Waals surface area contributed by atoms with E-state index in [4.69, 9.17) is 9.47 Å². The molecule has 0 bridgehead atoms. The van der Waals surface area contributed by atoms with Crippen LogP contribution in [0.1, 0.15) is 16.8 Å². The Morgan fingerprint density at radius 2 is 1.91 bits per heavy atom. The molecular formula is C15H19NO6S. The highest BCUT2D eigenvalue weighted by molar-refractivity contribution is 7.91. The Bertz CT molecular complexity index is 682. The number of ether oxygens (including phenoxy) is 2. The van der Waals surface area contributed by atoms with Crippen molar-refractivity contribution < 1.29 is 27.5 Å². The number of amides is 1. The summed E-state index contributed by atoms with van der Waals surface area (Å²) < 4.78 is 32.8. The van der Waals surface area contributed by atoms with Crippen molar-refractivity contribution in [2.45, 2.75) is 12.5 Å². The molecule has 1 amide bonds. The van der Waals surface area contributed by atoms with Crippen LogP contribution in [0.15, 0.2) is 24.3 Å². The van der Waals surface area contributed by atoms with Crippen molar-refractivity contribution >= 4 is 21.7 Å². The van der Waals surface area contributed by atoms with Crippen molar-refractivity contribution in [1.82, 2.24) is 4.90 Å². The van der Waals surface area contributed by atoms with Gasteiger partial charge in [0.25, 0.3) is 5.91 Å². The predicted octanol–water partition coefficient (Wildman–Crippen LogP) is 0.497. The highest BCUT2D eigenvalue weighted by Gasteiger charge is 2.32. The first-order chi connectivity index (χ1) is 10.8. The Morgan fingerprint density at radius 3 is 2.43 bits per heavy atom. The van der Waals surface area contributed by atoms with Gasteiger partial charge in [0.15, 0.2) is 16.4 Å². The molecule has 1 unspecified atom stereocenters. The fraction of sp³-hybridized carbons (Fsp3) is 0.467. The molecule has 2 rings (SSSR count). The van der Waals surface area contributed by atoms with E-state index >= 15 is 0 Å². The van der Waals surface area contributed by atoms with Gasteiger partial charge in [-0.05, 0) is 30.7 Å². The van der Waals surface area contributed by atoms with Crippen LogP contribution >= 0.6 is 0 Å². The Balaban J connectivity index is 1.86. The Labute approximate surface area is 135 Å². The van der Waals surface area contributed by atoms with Gasteiger partial charge in [-0.15, -0.1) is 0 Å². The van der Waals surface area contributed by atoms with Gasteiger partial charge in [0.1, 0.15) is 5.75 Å². The maximum absolute atomic E-state index is 12.0. The largest absolute Gasteiger partial charge is 0.497 e. The van der Waals surface area contributed by atoms with Crippen molar-refractivity contribution in [2.24, 2.45) is 0 Å². The molecule has 1 aromatic carbocycles. The van der Waals surface area contributed by atoms with E-state index < -0.39 is 28.3 Å². The van der Waals surface area contributed by atoms with Gasteiger partial charge in [-0.2, -0.15) is 0 Å². The summed E-state index contributed by atoms with van der Waals surface area (Å²) >= 11 is 0. The lowest BCUT2D eigenvalue weighted by Crippen LogP contribution is -2.40. The maximum Gasteiger partial charge on any atom is 0.338 e. The van der Waals surface area contributed by atoms with E-state index in [0.29, 0.717) is 17.7 Å². The van der Waals surface area contributed by atoms with Crippen LogP contribution in [-0.4, -0.2) is 63.5 Å². The Hall–Kier alpha value is -2.09. The summed E-state index contributed by atoms with van der Waals surface area (Å²) in [6.07, 6.45) is 0.414. The minimum atomic E-state index is -3.07. The number of likely N-dealkylation sites (N-methyl/N-ethyl adjacent to an activating group) is 1. The lowest BCUT2D eigenvalue weighted by Gasteiger charge is -2.23. The van der Waals surface area contributed by atoms with E-state index in [2.05, 4.69) is 0 Å². The van der Waals surface area contributed by atoms with Gasteiger partial charge < -0.3 is 14.4 Å². The summed E-state index contributed by atoms with van der Waals surface area (Å²) in [6.45, 7) is -0.419. The molecule has 0 saturated carbocycles. The number of hydrogen-bond acceptors (Lipinski definition) is 6. The summed E-state index contributed by atoms with van der Waals surface area (Å²) in [5.41, 5.74) is 0.310. The number of sulfone groups is 1. The van der Waals surface area contributed by atoms with Gasteiger partial charge in [-0.25, -0.2) is 13.2 Å². The second kappa shape index (κ2) is 6.99. The van der Waals surface area contributed by atoms with E-state index in [9.17, 15) is 18.0 Å².